The number of piperidine rings is 1. The van der Waals surface area contributed by atoms with Gasteiger partial charge < -0.3 is 20.1 Å². The van der Waals surface area contributed by atoms with Gasteiger partial charge in [0.15, 0.2) is 5.96 Å². The molecule has 0 aliphatic carbocycles. The predicted molar refractivity (Wildman–Crippen MR) is 123 cm³/mol. The van der Waals surface area contributed by atoms with Crippen LogP contribution < -0.4 is 10.6 Å². The summed E-state index contributed by atoms with van der Waals surface area (Å²) in [5, 5.41) is 6.96. The lowest BCUT2D eigenvalue weighted by atomic mass is 9.93. The molecule has 2 atom stereocenters. The van der Waals surface area contributed by atoms with E-state index in [2.05, 4.69) is 67.5 Å². The Morgan fingerprint density at radius 3 is 2.78 bits per heavy atom. The van der Waals surface area contributed by atoms with Gasteiger partial charge in [-0.15, -0.1) is 24.0 Å². The summed E-state index contributed by atoms with van der Waals surface area (Å²) in [5.41, 5.74) is 1.17. The number of imidazole rings is 1. The Hall–Kier alpha value is -1.77. The molecule has 2 unspecified atom stereocenters. The molecule has 1 aromatic heterocycles. The zero-order valence-corrected chi connectivity index (χ0v) is 18.5. The van der Waals surface area contributed by atoms with Gasteiger partial charge in [-0.2, -0.15) is 0 Å². The number of rotatable bonds is 6. The number of guanidine groups is 1. The fourth-order valence-electron chi connectivity index (χ4n) is 3.50. The highest BCUT2D eigenvalue weighted by atomic mass is 127. The summed E-state index contributed by atoms with van der Waals surface area (Å²) in [7, 11) is 1.87. The van der Waals surface area contributed by atoms with Gasteiger partial charge in [0.2, 0.25) is 0 Å². The van der Waals surface area contributed by atoms with E-state index in [1.54, 1.807) is 0 Å². The molecule has 27 heavy (non-hydrogen) atoms. The second-order valence-electron chi connectivity index (χ2n) is 6.91. The highest BCUT2D eigenvalue weighted by molar-refractivity contribution is 14.0. The van der Waals surface area contributed by atoms with Crippen LogP contribution in [-0.4, -0.2) is 53.6 Å². The molecule has 1 aliphatic heterocycles. The molecular formula is C20H31IN6. The van der Waals surface area contributed by atoms with Crippen molar-refractivity contribution in [3.05, 3.63) is 49.1 Å². The number of aliphatic imine (C=N–C) groups is 1. The second-order valence-corrected chi connectivity index (χ2v) is 6.91. The van der Waals surface area contributed by atoms with Gasteiger partial charge in [-0.05, 0) is 30.9 Å². The zero-order chi connectivity index (χ0) is 18.2. The molecular weight excluding hydrogens is 451 g/mol. The summed E-state index contributed by atoms with van der Waals surface area (Å²) >= 11 is 0. The molecule has 7 heteroatoms. The van der Waals surface area contributed by atoms with Crippen molar-refractivity contribution in [1.29, 1.82) is 0 Å². The van der Waals surface area contributed by atoms with Gasteiger partial charge in [0.25, 0.3) is 0 Å². The van der Waals surface area contributed by atoms with Crippen molar-refractivity contribution in [2.45, 2.75) is 25.8 Å². The van der Waals surface area contributed by atoms with Crippen LogP contribution in [0.15, 0.2) is 54.0 Å². The van der Waals surface area contributed by atoms with Crippen molar-refractivity contribution >= 4 is 35.6 Å². The van der Waals surface area contributed by atoms with Crippen LogP contribution in [0.5, 0.6) is 0 Å². The third-order valence-corrected chi connectivity index (χ3v) is 5.08. The van der Waals surface area contributed by atoms with E-state index in [1.807, 2.05) is 25.6 Å². The first kappa shape index (κ1) is 21.5. The van der Waals surface area contributed by atoms with E-state index >= 15 is 0 Å². The maximum Gasteiger partial charge on any atom is 0.193 e. The molecule has 0 bridgehead atoms. The smallest absolute Gasteiger partial charge is 0.193 e. The SMILES string of the molecule is CN=C(NCCCNc1ccccc1)N1CCC(C)C(n2ccnc2)C1.I. The summed E-state index contributed by atoms with van der Waals surface area (Å²) in [6.07, 6.45) is 8.06. The van der Waals surface area contributed by atoms with Crippen LogP contribution in [0.1, 0.15) is 25.8 Å². The molecule has 1 aromatic carbocycles. The van der Waals surface area contributed by atoms with E-state index in [0.29, 0.717) is 12.0 Å². The van der Waals surface area contributed by atoms with Gasteiger partial charge in [0.05, 0.1) is 12.4 Å². The van der Waals surface area contributed by atoms with E-state index < -0.39 is 0 Å². The largest absolute Gasteiger partial charge is 0.385 e. The van der Waals surface area contributed by atoms with Crippen molar-refractivity contribution < 1.29 is 0 Å². The van der Waals surface area contributed by atoms with Gasteiger partial charge in [-0.3, -0.25) is 4.99 Å². The van der Waals surface area contributed by atoms with Gasteiger partial charge in [-0.1, -0.05) is 25.1 Å². The zero-order valence-electron chi connectivity index (χ0n) is 16.2. The van der Waals surface area contributed by atoms with Crippen LogP contribution in [0, 0.1) is 5.92 Å². The normalized spacial score (nSPS) is 20.1. The van der Waals surface area contributed by atoms with Crippen molar-refractivity contribution in [3.8, 4) is 0 Å². The average Bonchev–Trinajstić information content (AvgIpc) is 3.21. The van der Waals surface area contributed by atoms with E-state index in [0.717, 1.165) is 38.6 Å². The summed E-state index contributed by atoms with van der Waals surface area (Å²) < 4.78 is 2.23. The molecule has 2 aromatic rings. The minimum Gasteiger partial charge on any atom is -0.385 e. The first-order valence-electron chi connectivity index (χ1n) is 9.50. The Morgan fingerprint density at radius 2 is 2.07 bits per heavy atom. The Labute approximate surface area is 179 Å². The number of nitrogens with one attached hydrogen (secondary N) is 2. The molecule has 1 fully saturated rings. The summed E-state index contributed by atoms with van der Waals surface area (Å²) in [5.74, 6) is 1.65. The summed E-state index contributed by atoms with van der Waals surface area (Å²) in [6, 6.07) is 10.8. The fraction of sp³-hybridized carbons (Fsp3) is 0.500. The molecule has 0 amide bonds. The monoisotopic (exact) mass is 482 g/mol. The molecule has 0 spiro atoms. The third kappa shape index (κ3) is 6.12. The van der Waals surface area contributed by atoms with Crippen LogP contribution in [-0.2, 0) is 0 Å². The molecule has 2 heterocycles. The Kier molecular flexibility index (Phi) is 8.90. The van der Waals surface area contributed by atoms with Crippen molar-refractivity contribution in [1.82, 2.24) is 19.8 Å². The van der Waals surface area contributed by atoms with Gasteiger partial charge in [0.1, 0.15) is 0 Å². The highest BCUT2D eigenvalue weighted by Gasteiger charge is 2.28. The lowest BCUT2D eigenvalue weighted by molar-refractivity contribution is 0.189. The number of likely N-dealkylation sites (tertiary alicyclic amines) is 1. The molecule has 1 aliphatic rings. The Balaban J connectivity index is 0.00000261. The quantitative estimate of drug-likeness (QED) is 0.287. The Bertz CT molecular complexity index is 673. The molecule has 0 saturated carbocycles. The van der Waals surface area contributed by atoms with E-state index in [9.17, 15) is 0 Å². The van der Waals surface area contributed by atoms with Gasteiger partial charge >= 0.3 is 0 Å². The standard InChI is InChI=1S/C20H30N6.HI/c1-17-9-13-25(15-19(17)26-14-12-22-16-26)20(21-2)24-11-6-10-23-18-7-4-3-5-8-18;/h3-5,7-8,12,14,16-17,19,23H,6,9-11,13,15H2,1-2H3,(H,21,24);1H. The third-order valence-electron chi connectivity index (χ3n) is 5.08. The topological polar surface area (TPSA) is 57.5 Å². The van der Waals surface area contributed by atoms with E-state index in [4.69, 9.17) is 0 Å². The van der Waals surface area contributed by atoms with Crippen LogP contribution in [0.25, 0.3) is 0 Å². The average molecular weight is 482 g/mol. The molecule has 1 saturated heterocycles. The lowest BCUT2D eigenvalue weighted by Crippen LogP contribution is -2.49. The first-order chi connectivity index (χ1) is 12.8. The molecule has 0 radical (unpaired) electrons. The van der Waals surface area contributed by atoms with Crippen molar-refractivity contribution in [3.63, 3.8) is 0 Å². The number of nitrogens with zero attached hydrogens (tertiary/aromatic N) is 4. The molecule has 3 rings (SSSR count). The number of hydrogen-bond donors (Lipinski definition) is 2. The highest BCUT2D eigenvalue weighted by Crippen LogP contribution is 2.27. The first-order valence-corrected chi connectivity index (χ1v) is 9.50. The van der Waals surface area contributed by atoms with Crippen LogP contribution in [0.3, 0.4) is 0 Å². The van der Waals surface area contributed by atoms with Gasteiger partial charge in [0, 0.05) is 51.3 Å². The number of hydrogen-bond acceptors (Lipinski definition) is 3. The number of para-hydroxylation sites is 1. The molecule has 2 N–H and O–H groups in total. The van der Waals surface area contributed by atoms with E-state index in [1.165, 1.54) is 12.1 Å². The Morgan fingerprint density at radius 1 is 1.26 bits per heavy atom. The van der Waals surface area contributed by atoms with Crippen LogP contribution in [0.4, 0.5) is 5.69 Å². The molecule has 148 valence electrons. The minimum atomic E-state index is 0. The van der Waals surface area contributed by atoms with Crippen LogP contribution in [0.2, 0.25) is 0 Å². The minimum absolute atomic E-state index is 0. The van der Waals surface area contributed by atoms with Crippen molar-refractivity contribution in [2.75, 3.05) is 38.5 Å². The second kappa shape index (κ2) is 11.2. The maximum absolute atomic E-state index is 4.49. The lowest BCUT2D eigenvalue weighted by Gasteiger charge is -2.39. The number of halogens is 1. The molecule has 6 nitrogen and oxygen atoms in total. The van der Waals surface area contributed by atoms with Crippen LogP contribution >= 0.6 is 24.0 Å². The number of aromatic nitrogens is 2. The van der Waals surface area contributed by atoms with Gasteiger partial charge in [-0.25, -0.2) is 4.98 Å². The maximum atomic E-state index is 4.49. The number of anilines is 1. The predicted octanol–water partition coefficient (Wildman–Crippen LogP) is 3.46. The number of benzene rings is 1. The fourth-order valence-corrected chi connectivity index (χ4v) is 3.50. The van der Waals surface area contributed by atoms with E-state index in [-0.39, 0.29) is 24.0 Å². The summed E-state index contributed by atoms with van der Waals surface area (Å²) in [4.78, 5) is 11.1. The van der Waals surface area contributed by atoms with Crippen molar-refractivity contribution in [2.24, 2.45) is 10.9 Å². The summed E-state index contributed by atoms with van der Waals surface area (Å²) in [6.45, 7) is 6.21.